The zero-order chi connectivity index (χ0) is 21.3. The number of anilines is 1. The highest BCUT2D eigenvalue weighted by atomic mass is 19.1. The van der Waals surface area contributed by atoms with Gasteiger partial charge in [-0.3, -0.25) is 9.48 Å². The molecule has 0 aliphatic rings. The molecule has 1 N–H and O–H groups in total. The summed E-state index contributed by atoms with van der Waals surface area (Å²) in [6.45, 7) is 5.49. The Labute approximate surface area is 174 Å². The second kappa shape index (κ2) is 10.2. The van der Waals surface area contributed by atoms with Gasteiger partial charge < -0.3 is 14.8 Å². The summed E-state index contributed by atoms with van der Waals surface area (Å²) in [4.78, 5) is 12.1. The number of nitrogens with zero attached hydrogens (tertiary/aromatic N) is 2. The number of carbonyl (C=O) groups is 1. The van der Waals surface area contributed by atoms with Gasteiger partial charge in [0.1, 0.15) is 5.82 Å². The van der Waals surface area contributed by atoms with Gasteiger partial charge in [-0.2, -0.15) is 5.10 Å². The maximum Gasteiger partial charge on any atom is 0.248 e. The lowest BCUT2D eigenvalue weighted by Crippen LogP contribution is -2.07. The zero-order valence-corrected chi connectivity index (χ0v) is 17.0. The third-order valence-corrected chi connectivity index (χ3v) is 4.15. The van der Waals surface area contributed by atoms with Crippen molar-refractivity contribution in [3.05, 3.63) is 77.9 Å². The van der Waals surface area contributed by atoms with Gasteiger partial charge in [-0.15, -0.1) is 0 Å². The van der Waals surface area contributed by atoms with Crippen LogP contribution in [0.4, 0.5) is 10.1 Å². The van der Waals surface area contributed by atoms with Crippen LogP contribution in [-0.4, -0.2) is 28.9 Å². The summed E-state index contributed by atoms with van der Waals surface area (Å²) >= 11 is 0. The number of carbonyl (C=O) groups excluding carboxylic acids is 1. The SMILES string of the molecule is CCOc1ccc(Cn2cc(NC(=O)/C=C/c3ccc(F)cc3)cn2)cc1OCC. The van der Waals surface area contributed by atoms with Gasteiger partial charge in [-0.25, -0.2) is 4.39 Å². The lowest BCUT2D eigenvalue weighted by atomic mass is 10.2. The fourth-order valence-electron chi connectivity index (χ4n) is 2.83. The summed E-state index contributed by atoms with van der Waals surface area (Å²) < 4.78 is 25.9. The van der Waals surface area contributed by atoms with Gasteiger partial charge >= 0.3 is 0 Å². The molecule has 30 heavy (non-hydrogen) atoms. The zero-order valence-electron chi connectivity index (χ0n) is 17.0. The highest BCUT2D eigenvalue weighted by molar-refractivity contribution is 6.01. The standard InChI is InChI=1S/C23H24FN3O3/c1-3-29-21-11-7-18(13-22(21)30-4-2)15-27-16-20(14-25-27)26-23(28)12-8-17-5-9-19(24)10-6-17/h5-14,16H,3-4,15H2,1-2H3,(H,26,28)/b12-8+. The van der Waals surface area contributed by atoms with Crippen LogP contribution in [0.25, 0.3) is 6.08 Å². The average Bonchev–Trinajstić information content (AvgIpc) is 3.16. The summed E-state index contributed by atoms with van der Waals surface area (Å²) in [7, 11) is 0. The van der Waals surface area contributed by atoms with Crippen LogP contribution in [0, 0.1) is 5.82 Å². The number of amides is 1. The largest absolute Gasteiger partial charge is 0.490 e. The number of hydrogen-bond acceptors (Lipinski definition) is 4. The molecule has 0 aliphatic carbocycles. The molecule has 156 valence electrons. The molecule has 0 atom stereocenters. The molecule has 0 saturated heterocycles. The Morgan fingerprint density at radius 1 is 1.10 bits per heavy atom. The second-order valence-corrected chi connectivity index (χ2v) is 6.45. The molecule has 0 spiro atoms. The number of aromatic nitrogens is 2. The van der Waals surface area contributed by atoms with E-state index in [-0.39, 0.29) is 11.7 Å². The first-order valence-corrected chi connectivity index (χ1v) is 9.73. The summed E-state index contributed by atoms with van der Waals surface area (Å²) in [5.41, 5.74) is 2.32. The first kappa shape index (κ1) is 21.1. The maximum atomic E-state index is 12.9. The van der Waals surface area contributed by atoms with Crippen LogP contribution in [0.15, 0.2) is 60.9 Å². The molecule has 6 nitrogen and oxygen atoms in total. The van der Waals surface area contributed by atoms with Crippen molar-refractivity contribution in [2.45, 2.75) is 20.4 Å². The Hall–Kier alpha value is -3.61. The minimum absolute atomic E-state index is 0.293. The molecule has 0 aliphatic heterocycles. The summed E-state index contributed by atoms with van der Waals surface area (Å²) in [5.74, 6) is 0.802. The molecule has 0 saturated carbocycles. The van der Waals surface area contributed by atoms with Gasteiger partial charge in [0.25, 0.3) is 0 Å². The fourth-order valence-corrected chi connectivity index (χ4v) is 2.83. The molecule has 2 aromatic carbocycles. The Morgan fingerprint density at radius 3 is 2.57 bits per heavy atom. The average molecular weight is 409 g/mol. The van der Waals surface area contributed by atoms with Crippen molar-refractivity contribution in [2.75, 3.05) is 18.5 Å². The quantitative estimate of drug-likeness (QED) is 0.528. The van der Waals surface area contributed by atoms with Gasteiger partial charge in [-0.1, -0.05) is 18.2 Å². The molecule has 3 aromatic rings. The number of halogens is 1. The number of ether oxygens (including phenoxy) is 2. The van der Waals surface area contributed by atoms with Crippen LogP contribution in [0.2, 0.25) is 0 Å². The third-order valence-electron chi connectivity index (χ3n) is 4.15. The van der Waals surface area contributed by atoms with E-state index in [1.54, 1.807) is 35.3 Å². The molecule has 7 heteroatoms. The van der Waals surface area contributed by atoms with Crippen molar-refractivity contribution in [3.63, 3.8) is 0 Å². The Balaban J connectivity index is 1.61. The molecule has 0 radical (unpaired) electrons. The lowest BCUT2D eigenvalue weighted by Gasteiger charge is -2.12. The van der Waals surface area contributed by atoms with Crippen LogP contribution < -0.4 is 14.8 Å². The fraction of sp³-hybridized carbons (Fsp3) is 0.217. The van der Waals surface area contributed by atoms with Gasteiger partial charge in [0.2, 0.25) is 5.91 Å². The van der Waals surface area contributed by atoms with Crippen molar-refractivity contribution in [2.24, 2.45) is 0 Å². The monoisotopic (exact) mass is 409 g/mol. The van der Waals surface area contributed by atoms with Gasteiger partial charge in [-0.05, 0) is 55.3 Å². The number of nitrogens with one attached hydrogen (secondary N) is 1. The molecular formula is C23H24FN3O3. The van der Waals surface area contributed by atoms with Crippen LogP contribution in [0.3, 0.4) is 0 Å². The summed E-state index contributed by atoms with van der Waals surface area (Å²) in [5, 5.41) is 7.05. The maximum absolute atomic E-state index is 12.9. The highest BCUT2D eigenvalue weighted by Gasteiger charge is 2.08. The van der Waals surface area contributed by atoms with Crippen molar-refractivity contribution in [3.8, 4) is 11.5 Å². The molecule has 0 unspecified atom stereocenters. The Morgan fingerprint density at radius 2 is 1.83 bits per heavy atom. The van der Waals surface area contributed by atoms with E-state index in [0.29, 0.717) is 36.9 Å². The predicted molar refractivity (Wildman–Crippen MR) is 114 cm³/mol. The topological polar surface area (TPSA) is 65.4 Å². The molecule has 1 aromatic heterocycles. The van der Waals surface area contributed by atoms with E-state index in [1.165, 1.54) is 18.2 Å². The van der Waals surface area contributed by atoms with Crippen molar-refractivity contribution in [1.29, 1.82) is 0 Å². The van der Waals surface area contributed by atoms with Crippen LogP contribution in [0.5, 0.6) is 11.5 Å². The normalized spacial score (nSPS) is 10.9. The number of benzene rings is 2. The van der Waals surface area contributed by atoms with E-state index in [4.69, 9.17) is 9.47 Å². The third kappa shape index (κ3) is 5.94. The molecule has 1 heterocycles. The second-order valence-electron chi connectivity index (χ2n) is 6.45. The van der Waals surface area contributed by atoms with E-state index in [0.717, 1.165) is 11.1 Å². The van der Waals surface area contributed by atoms with Gasteiger partial charge in [0.05, 0.1) is 31.6 Å². The van der Waals surface area contributed by atoms with Crippen molar-refractivity contribution in [1.82, 2.24) is 9.78 Å². The van der Waals surface area contributed by atoms with Crippen molar-refractivity contribution < 1.29 is 18.7 Å². The van der Waals surface area contributed by atoms with E-state index in [2.05, 4.69) is 10.4 Å². The molecule has 3 rings (SSSR count). The predicted octanol–water partition coefficient (Wildman–Crippen LogP) is 4.52. The van der Waals surface area contributed by atoms with Crippen LogP contribution in [0.1, 0.15) is 25.0 Å². The minimum Gasteiger partial charge on any atom is -0.490 e. The summed E-state index contributed by atoms with van der Waals surface area (Å²) in [6.07, 6.45) is 6.35. The van der Waals surface area contributed by atoms with E-state index in [1.807, 2.05) is 32.0 Å². The Bertz CT molecular complexity index is 1010. The highest BCUT2D eigenvalue weighted by Crippen LogP contribution is 2.28. The first-order valence-electron chi connectivity index (χ1n) is 9.73. The molecule has 0 fully saturated rings. The van der Waals surface area contributed by atoms with Crippen LogP contribution in [-0.2, 0) is 11.3 Å². The van der Waals surface area contributed by atoms with E-state index in [9.17, 15) is 9.18 Å². The number of hydrogen-bond donors (Lipinski definition) is 1. The molecule has 0 bridgehead atoms. The minimum atomic E-state index is -0.315. The number of rotatable bonds is 9. The van der Waals surface area contributed by atoms with E-state index < -0.39 is 0 Å². The van der Waals surface area contributed by atoms with Gasteiger partial charge in [0.15, 0.2) is 11.5 Å². The van der Waals surface area contributed by atoms with Gasteiger partial charge in [0, 0.05) is 12.3 Å². The van der Waals surface area contributed by atoms with Crippen molar-refractivity contribution >= 4 is 17.7 Å². The summed E-state index contributed by atoms with van der Waals surface area (Å²) in [6, 6.07) is 11.7. The Kier molecular flexibility index (Phi) is 7.21. The van der Waals surface area contributed by atoms with Crippen LogP contribution >= 0.6 is 0 Å². The lowest BCUT2D eigenvalue weighted by molar-refractivity contribution is -0.111. The smallest absolute Gasteiger partial charge is 0.248 e. The molecule has 1 amide bonds. The molecular weight excluding hydrogens is 385 g/mol. The first-order chi connectivity index (χ1) is 14.6. The van der Waals surface area contributed by atoms with E-state index >= 15 is 0 Å².